The highest BCUT2D eigenvalue weighted by Crippen LogP contribution is 2.31. The third kappa shape index (κ3) is 7.81. The van der Waals surface area contributed by atoms with Crippen LogP contribution in [0.4, 0.5) is 34.1 Å². The third-order valence-electron chi connectivity index (χ3n) is 5.63. The van der Waals surface area contributed by atoms with Crippen LogP contribution in [-0.4, -0.2) is 16.8 Å². The maximum absolute atomic E-state index is 12.8. The van der Waals surface area contributed by atoms with Crippen molar-refractivity contribution in [2.45, 2.75) is 9.79 Å². The van der Waals surface area contributed by atoms with Crippen molar-refractivity contribution in [2.75, 3.05) is 11.5 Å². The first-order valence-corrected chi connectivity index (χ1v) is 15.0. The average Bonchev–Trinajstić information content (AvgIpc) is 3.00. The van der Waals surface area contributed by atoms with E-state index in [-0.39, 0.29) is 22.5 Å². The van der Waals surface area contributed by atoms with E-state index < -0.39 is 29.8 Å². The zero-order valence-corrected chi connectivity index (χ0v) is 23.9. The fraction of sp³-hybridized carbons (Fsp3) is 0. The highest BCUT2D eigenvalue weighted by Gasteiger charge is 2.19. The Morgan fingerprint density at radius 1 is 0.523 bits per heavy atom. The fourth-order valence-corrected chi connectivity index (χ4v) is 5.34. The lowest BCUT2D eigenvalue weighted by Crippen LogP contribution is -1.99. The predicted molar refractivity (Wildman–Crippen MR) is 165 cm³/mol. The molecule has 4 rings (SSSR count). The minimum absolute atomic E-state index is 0.0306. The number of hydrogen-bond donors (Lipinski definition) is 2. The quantitative estimate of drug-likeness (QED) is 0.0579. The fourth-order valence-electron chi connectivity index (χ4n) is 3.57. The van der Waals surface area contributed by atoms with Crippen LogP contribution in [0.3, 0.4) is 0 Å². The van der Waals surface area contributed by atoms with Crippen LogP contribution in [0.2, 0.25) is 0 Å². The number of azo groups is 2. The molecule has 0 saturated carbocycles. The Bertz CT molecular complexity index is 1960. The molecule has 18 heteroatoms. The van der Waals surface area contributed by atoms with Gasteiger partial charge >= 0.3 is 0 Å². The maximum Gasteiger partial charge on any atom is 0.265 e. The van der Waals surface area contributed by atoms with E-state index in [1.807, 2.05) is 0 Å². The molecular weight excluding hydrogens is 609 g/mol. The number of hydrogen-bond acceptors (Lipinski definition) is 10. The maximum atomic E-state index is 12.8. The second-order valence-electron chi connectivity index (χ2n) is 8.65. The minimum atomic E-state index is -4.53. The molecule has 16 nitrogen and oxygen atoms in total. The molecule has 0 radical (unpaired) electrons. The van der Waals surface area contributed by atoms with Crippen molar-refractivity contribution in [1.82, 2.24) is 0 Å². The molecular formula is C26H20N12O4S2. The lowest BCUT2D eigenvalue weighted by Gasteiger charge is -2.07. The van der Waals surface area contributed by atoms with E-state index in [1.165, 1.54) is 36.4 Å². The Balaban J connectivity index is 1.76. The summed E-state index contributed by atoms with van der Waals surface area (Å²) in [6.07, 6.45) is 2.56. The highest BCUT2D eigenvalue weighted by atomic mass is 32.2. The molecule has 0 unspecified atom stereocenters. The van der Waals surface area contributed by atoms with Crippen molar-refractivity contribution in [3.8, 4) is 0 Å². The van der Waals surface area contributed by atoms with Crippen molar-refractivity contribution < 1.29 is 16.8 Å². The molecule has 0 atom stereocenters. The Labute approximate surface area is 250 Å². The molecule has 0 aliphatic heterocycles. The average molecular weight is 629 g/mol. The number of nitrogens with two attached hydrogens (primary N) is 2. The SMILES string of the molecule is [N-]=[N+]=NS(=O)(=O)c1cc(N=Nc2ccc(N)cc2)ccc1/C=C/c1ccc(N=Nc2ccc(N)cc2)cc1S(=O)(=O)N=[N+]=[N-]. The molecule has 4 aromatic carbocycles. The van der Waals surface area contributed by atoms with Crippen LogP contribution in [0.15, 0.2) is 124 Å². The molecule has 0 aliphatic rings. The second kappa shape index (κ2) is 13.3. The molecule has 0 fully saturated rings. The predicted octanol–water partition coefficient (Wildman–Crippen LogP) is 7.85. The van der Waals surface area contributed by atoms with Crippen molar-refractivity contribution >= 4 is 66.3 Å². The van der Waals surface area contributed by atoms with Gasteiger partial charge in [-0.1, -0.05) is 24.3 Å². The Hall–Kier alpha value is -6.06. The van der Waals surface area contributed by atoms with Gasteiger partial charge < -0.3 is 11.5 Å². The molecule has 0 heterocycles. The molecule has 220 valence electrons. The van der Waals surface area contributed by atoms with Crippen LogP contribution in [0, 0.1) is 0 Å². The second-order valence-corrected chi connectivity index (χ2v) is 11.8. The third-order valence-corrected chi connectivity index (χ3v) is 8.02. The van der Waals surface area contributed by atoms with Gasteiger partial charge in [0.15, 0.2) is 0 Å². The first kappa shape index (κ1) is 30.9. The largest absolute Gasteiger partial charge is 0.399 e. The number of sulfonamides is 2. The van der Waals surface area contributed by atoms with Crippen molar-refractivity contribution in [2.24, 2.45) is 29.5 Å². The molecule has 0 amide bonds. The van der Waals surface area contributed by atoms with Gasteiger partial charge in [-0.05, 0) is 95.0 Å². The first-order valence-electron chi connectivity index (χ1n) is 12.1. The summed E-state index contributed by atoms with van der Waals surface area (Å²) >= 11 is 0. The summed E-state index contributed by atoms with van der Waals surface area (Å²) in [6.45, 7) is 0. The van der Waals surface area contributed by atoms with Crippen LogP contribution in [-0.2, 0) is 20.0 Å². The van der Waals surface area contributed by atoms with Crippen LogP contribution < -0.4 is 11.5 Å². The summed E-state index contributed by atoms with van der Waals surface area (Å²) in [6, 6.07) is 20.8. The number of benzene rings is 4. The molecule has 44 heavy (non-hydrogen) atoms. The molecule has 0 bridgehead atoms. The van der Waals surface area contributed by atoms with Crippen LogP contribution in [0.25, 0.3) is 33.0 Å². The van der Waals surface area contributed by atoms with E-state index in [1.54, 1.807) is 48.5 Å². The summed E-state index contributed by atoms with van der Waals surface area (Å²) in [5.74, 6) is 0. The summed E-state index contributed by atoms with van der Waals surface area (Å²) in [5, 5.41) is 16.1. The zero-order chi connectivity index (χ0) is 31.7. The lowest BCUT2D eigenvalue weighted by atomic mass is 10.1. The highest BCUT2D eigenvalue weighted by molar-refractivity contribution is 7.90. The molecule has 0 spiro atoms. The standard InChI is InChI=1S/C26H20N12O4S2/c27-19-5-11-21(12-6-19)31-33-23-9-3-17(25(15-23)43(39,40)37-35-29)1-2-18-4-10-24(16-26(18)44(41,42)38-36-30)34-32-22-13-7-20(28)8-14-22/h1-16H,27-28H2/b2-1+,33-31?,34-32?. The van der Waals surface area contributed by atoms with Crippen molar-refractivity contribution in [3.05, 3.63) is 117 Å². The van der Waals surface area contributed by atoms with Crippen molar-refractivity contribution in [1.29, 1.82) is 0 Å². The summed E-state index contributed by atoms with van der Waals surface area (Å²) in [5.41, 5.74) is 31.2. The number of anilines is 2. The number of nitrogen functional groups attached to an aromatic ring is 2. The molecule has 4 aromatic rings. The number of azide groups is 2. The number of nitrogens with zero attached hydrogens (tertiary/aromatic N) is 10. The van der Waals surface area contributed by atoms with E-state index in [4.69, 9.17) is 22.5 Å². The van der Waals surface area contributed by atoms with Gasteiger partial charge in [0.1, 0.15) is 0 Å². The topological polar surface area (TPSA) is 267 Å². The van der Waals surface area contributed by atoms with E-state index in [0.717, 1.165) is 12.1 Å². The lowest BCUT2D eigenvalue weighted by molar-refractivity contribution is 0.595. The van der Waals surface area contributed by atoms with E-state index >= 15 is 0 Å². The van der Waals surface area contributed by atoms with Gasteiger partial charge in [-0.2, -0.15) is 20.5 Å². The van der Waals surface area contributed by atoms with Gasteiger partial charge in [-0.15, -0.1) is 0 Å². The first-order chi connectivity index (χ1) is 21.0. The molecule has 4 N–H and O–H groups in total. The van der Waals surface area contributed by atoms with Gasteiger partial charge in [0, 0.05) is 30.2 Å². The monoisotopic (exact) mass is 628 g/mol. The van der Waals surface area contributed by atoms with E-state index in [0.29, 0.717) is 22.7 Å². The van der Waals surface area contributed by atoms with Gasteiger partial charge in [-0.25, -0.2) is 16.8 Å². The minimum Gasteiger partial charge on any atom is -0.399 e. The molecule has 0 saturated heterocycles. The van der Waals surface area contributed by atoms with Gasteiger partial charge in [-0.3, -0.25) is 0 Å². The number of rotatable bonds is 10. The zero-order valence-electron chi connectivity index (χ0n) is 22.3. The summed E-state index contributed by atoms with van der Waals surface area (Å²) in [7, 11) is -9.06. The molecule has 0 aromatic heterocycles. The van der Waals surface area contributed by atoms with Crippen LogP contribution in [0.1, 0.15) is 11.1 Å². The Morgan fingerprint density at radius 3 is 1.18 bits per heavy atom. The van der Waals surface area contributed by atoms with Crippen molar-refractivity contribution in [3.63, 3.8) is 0 Å². The Kier molecular flexibility index (Phi) is 9.32. The van der Waals surface area contributed by atoms with Crippen LogP contribution >= 0.6 is 0 Å². The van der Waals surface area contributed by atoms with Gasteiger partial charge in [0.05, 0.1) is 32.5 Å². The molecule has 0 aliphatic carbocycles. The van der Waals surface area contributed by atoms with Gasteiger partial charge in [0.25, 0.3) is 20.0 Å². The summed E-state index contributed by atoms with van der Waals surface area (Å²) < 4.78 is 56.9. The normalized spacial score (nSPS) is 11.9. The smallest absolute Gasteiger partial charge is 0.265 e. The van der Waals surface area contributed by atoms with Crippen LogP contribution in [0.5, 0.6) is 0 Å². The summed E-state index contributed by atoms with van der Waals surface area (Å²) in [4.78, 5) is 3.94. The van der Waals surface area contributed by atoms with E-state index in [2.05, 4.69) is 39.3 Å². The Morgan fingerprint density at radius 2 is 0.841 bits per heavy atom. The van der Waals surface area contributed by atoms with E-state index in [9.17, 15) is 16.8 Å². The van der Waals surface area contributed by atoms with Gasteiger partial charge in [0.2, 0.25) is 0 Å².